The molecule has 1 aromatic carbocycles. The molecule has 0 unspecified atom stereocenters. The topological polar surface area (TPSA) is 91.8 Å². The number of furan rings is 1. The van der Waals surface area contributed by atoms with Gasteiger partial charge in [-0.25, -0.2) is 4.79 Å². The van der Waals surface area contributed by atoms with Crippen molar-refractivity contribution in [2.24, 2.45) is 0 Å². The van der Waals surface area contributed by atoms with Crippen molar-refractivity contribution in [3.8, 4) is 5.75 Å². The molecule has 0 aliphatic rings. The molecule has 0 fully saturated rings. The predicted molar refractivity (Wildman–Crippen MR) is 72.5 cm³/mol. The molecule has 0 N–H and O–H groups in total. The Bertz CT molecular complexity index is 681. The van der Waals surface area contributed by atoms with E-state index in [1.54, 1.807) is 6.07 Å². The quantitative estimate of drug-likeness (QED) is 0.478. The number of hydrogen-bond donors (Lipinski definition) is 0. The van der Waals surface area contributed by atoms with Crippen molar-refractivity contribution in [3.63, 3.8) is 0 Å². The smallest absolute Gasteiger partial charge is 0.373 e. The Balaban J connectivity index is 2.04. The van der Waals surface area contributed by atoms with E-state index in [1.165, 1.54) is 31.4 Å². The number of carbonyl (C=O) groups excluding carboxylic acids is 1. The van der Waals surface area contributed by atoms with E-state index in [9.17, 15) is 14.9 Å². The van der Waals surface area contributed by atoms with Gasteiger partial charge in [0.1, 0.15) is 18.1 Å². The Labute approximate surface area is 124 Å². The normalized spacial score (nSPS) is 10.2. The first-order valence-corrected chi connectivity index (χ1v) is 6.13. The molecule has 0 bridgehead atoms. The van der Waals surface area contributed by atoms with E-state index in [1.807, 2.05) is 0 Å². The maximum absolute atomic E-state index is 11.2. The SMILES string of the molecule is COC(=O)c1ccc(COc2ccc([N+](=O)[O-])cc2Cl)o1. The zero-order valence-electron chi connectivity index (χ0n) is 10.9. The number of rotatable bonds is 5. The third-order valence-corrected chi connectivity index (χ3v) is 2.84. The minimum absolute atomic E-state index is 0.0223. The Morgan fingerprint density at radius 3 is 2.76 bits per heavy atom. The lowest BCUT2D eigenvalue weighted by Crippen LogP contribution is -1.99. The number of nitrogens with zero attached hydrogens (tertiary/aromatic N) is 1. The van der Waals surface area contributed by atoms with Crippen LogP contribution in [0.15, 0.2) is 34.7 Å². The first kappa shape index (κ1) is 14.9. The second kappa shape index (κ2) is 6.27. The molecule has 0 saturated carbocycles. The Kier molecular flexibility index (Phi) is 4.44. The molecule has 8 heteroatoms. The van der Waals surface area contributed by atoms with Gasteiger partial charge >= 0.3 is 5.97 Å². The molecule has 110 valence electrons. The predicted octanol–water partition coefficient (Wildman–Crippen LogP) is 3.21. The van der Waals surface area contributed by atoms with Gasteiger partial charge in [0.2, 0.25) is 5.76 Å². The van der Waals surface area contributed by atoms with Crippen LogP contribution in [0.2, 0.25) is 5.02 Å². The number of benzene rings is 1. The minimum atomic E-state index is -0.588. The molecular formula is C13H10ClNO6. The summed E-state index contributed by atoms with van der Waals surface area (Å²) in [4.78, 5) is 21.3. The van der Waals surface area contributed by atoms with Crippen LogP contribution < -0.4 is 4.74 Å². The molecule has 0 spiro atoms. The molecule has 0 atom stereocenters. The second-order valence-corrected chi connectivity index (χ2v) is 4.33. The first-order valence-electron chi connectivity index (χ1n) is 5.75. The Morgan fingerprint density at radius 2 is 2.14 bits per heavy atom. The lowest BCUT2D eigenvalue weighted by Gasteiger charge is -2.06. The number of ether oxygens (including phenoxy) is 2. The summed E-state index contributed by atoms with van der Waals surface area (Å²) < 4.78 is 15.1. The van der Waals surface area contributed by atoms with Gasteiger partial charge < -0.3 is 13.9 Å². The molecule has 2 aromatic rings. The number of esters is 1. The number of methoxy groups -OCH3 is 1. The van der Waals surface area contributed by atoms with E-state index in [0.717, 1.165) is 0 Å². The summed E-state index contributed by atoms with van der Waals surface area (Å²) in [5.74, 6) is 0.142. The number of nitro groups is 1. The van der Waals surface area contributed by atoms with Crippen molar-refractivity contribution < 1.29 is 23.6 Å². The monoisotopic (exact) mass is 311 g/mol. The zero-order chi connectivity index (χ0) is 15.4. The summed E-state index contributed by atoms with van der Waals surface area (Å²) in [5, 5.41) is 10.7. The van der Waals surface area contributed by atoms with Crippen molar-refractivity contribution in [3.05, 3.63) is 57.0 Å². The van der Waals surface area contributed by atoms with Crippen molar-refractivity contribution >= 4 is 23.3 Å². The molecule has 2 rings (SSSR count). The molecule has 0 radical (unpaired) electrons. The fourth-order valence-electron chi connectivity index (χ4n) is 1.54. The molecular weight excluding hydrogens is 302 g/mol. The van der Waals surface area contributed by atoms with Crippen LogP contribution in [0.4, 0.5) is 5.69 Å². The van der Waals surface area contributed by atoms with Crippen LogP contribution in [0.3, 0.4) is 0 Å². The number of nitro benzene ring substituents is 1. The molecule has 0 aliphatic heterocycles. The maximum atomic E-state index is 11.2. The van der Waals surface area contributed by atoms with Crippen LogP contribution in [-0.2, 0) is 11.3 Å². The van der Waals surface area contributed by atoms with Crippen LogP contribution >= 0.6 is 11.6 Å². The summed E-state index contributed by atoms with van der Waals surface area (Å²) in [5.41, 5.74) is -0.127. The molecule has 1 heterocycles. The van der Waals surface area contributed by atoms with Crippen molar-refractivity contribution in [2.45, 2.75) is 6.61 Å². The van der Waals surface area contributed by atoms with E-state index >= 15 is 0 Å². The highest BCUT2D eigenvalue weighted by molar-refractivity contribution is 6.32. The summed E-state index contributed by atoms with van der Waals surface area (Å²) in [6, 6.07) is 6.89. The largest absolute Gasteiger partial charge is 0.484 e. The fourth-order valence-corrected chi connectivity index (χ4v) is 1.76. The van der Waals surface area contributed by atoms with Gasteiger partial charge in [-0.2, -0.15) is 0 Å². The highest BCUT2D eigenvalue weighted by Gasteiger charge is 2.13. The van der Waals surface area contributed by atoms with Gasteiger partial charge in [0.15, 0.2) is 0 Å². The number of carbonyl (C=O) groups is 1. The zero-order valence-corrected chi connectivity index (χ0v) is 11.6. The van der Waals surface area contributed by atoms with E-state index in [-0.39, 0.29) is 28.8 Å². The molecule has 21 heavy (non-hydrogen) atoms. The third kappa shape index (κ3) is 3.51. The van der Waals surface area contributed by atoms with Crippen LogP contribution in [0.25, 0.3) is 0 Å². The van der Waals surface area contributed by atoms with E-state index in [0.29, 0.717) is 5.76 Å². The Hall–Kier alpha value is -2.54. The molecule has 1 aromatic heterocycles. The average Bonchev–Trinajstić information content (AvgIpc) is 2.93. The van der Waals surface area contributed by atoms with Gasteiger partial charge in [0.05, 0.1) is 17.1 Å². The number of non-ortho nitro benzene ring substituents is 1. The Morgan fingerprint density at radius 1 is 1.38 bits per heavy atom. The van der Waals surface area contributed by atoms with Crippen LogP contribution in [0.5, 0.6) is 5.75 Å². The van der Waals surface area contributed by atoms with Crippen molar-refractivity contribution in [2.75, 3.05) is 7.11 Å². The highest BCUT2D eigenvalue weighted by Crippen LogP contribution is 2.29. The van der Waals surface area contributed by atoms with Gasteiger partial charge in [-0.1, -0.05) is 11.6 Å². The molecule has 0 saturated heterocycles. The lowest BCUT2D eigenvalue weighted by molar-refractivity contribution is -0.384. The van der Waals surface area contributed by atoms with Crippen LogP contribution in [0.1, 0.15) is 16.3 Å². The third-order valence-electron chi connectivity index (χ3n) is 2.54. The summed E-state index contributed by atoms with van der Waals surface area (Å²) in [6.45, 7) is 0.0223. The fraction of sp³-hybridized carbons (Fsp3) is 0.154. The molecule has 7 nitrogen and oxygen atoms in total. The lowest BCUT2D eigenvalue weighted by atomic mass is 10.3. The average molecular weight is 312 g/mol. The van der Waals surface area contributed by atoms with Gasteiger partial charge in [0, 0.05) is 12.1 Å². The number of halogens is 1. The van der Waals surface area contributed by atoms with Crippen LogP contribution in [-0.4, -0.2) is 18.0 Å². The minimum Gasteiger partial charge on any atom is -0.484 e. The van der Waals surface area contributed by atoms with Crippen LogP contribution in [0, 0.1) is 10.1 Å². The van der Waals surface area contributed by atoms with Gasteiger partial charge in [-0.15, -0.1) is 0 Å². The molecule has 0 amide bonds. The highest BCUT2D eigenvalue weighted by atomic mass is 35.5. The summed E-state index contributed by atoms with van der Waals surface area (Å²) in [6.07, 6.45) is 0. The van der Waals surface area contributed by atoms with Crippen molar-refractivity contribution in [1.82, 2.24) is 0 Å². The van der Waals surface area contributed by atoms with Gasteiger partial charge in [-0.05, 0) is 18.2 Å². The van der Waals surface area contributed by atoms with E-state index in [2.05, 4.69) is 4.74 Å². The van der Waals surface area contributed by atoms with E-state index < -0.39 is 10.9 Å². The standard InChI is InChI=1S/C13H10ClNO6/c1-19-13(16)12-5-3-9(21-12)7-20-11-4-2-8(15(17)18)6-10(11)14/h2-6H,7H2,1H3. The second-order valence-electron chi connectivity index (χ2n) is 3.92. The van der Waals surface area contributed by atoms with E-state index in [4.69, 9.17) is 20.8 Å². The van der Waals surface area contributed by atoms with Crippen molar-refractivity contribution in [1.29, 1.82) is 0 Å². The molecule has 0 aliphatic carbocycles. The van der Waals surface area contributed by atoms with Gasteiger partial charge in [-0.3, -0.25) is 10.1 Å². The van der Waals surface area contributed by atoms with Gasteiger partial charge in [0.25, 0.3) is 5.69 Å². The maximum Gasteiger partial charge on any atom is 0.373 e. The number of hydrogen-bond acceptors (Lipinski definition) is 6. The summed E-state index contributed by atoms with van der Waals surface area (Å²) in [7, 11) is 1.25. The first-order chi connectivity index (χ1) is 10.0. The summed E-state index contributed by atoms with van der Waals surface area (Å²) >= 11 is 5.88.